The van der Waals surface area contributed by atoms with Crippen molar-refractivity contribution in [2.45, 2.75) is 11.9 Å². The molecule has 1 atom stereocenters. The maximum Gasteiger partial charge on any atom is 0.214 e. The molecule has 10 heavy (non-hydrogen) atoms. The number of aliphatic hydroxyl groups excluding tert-OH is 1. The lowest BCUT2D eigenvalue weighted by Crippen LogP contribution is -2.41. The van der Waals surface area contributed by atoms with Gasteiger partial charge in [-0.25, -0.2) is 0 Å². The molecular weight excluding hydrogens is 247 g/mol. The summed E-state index contributed by atoms with van der Waals surface area (Å²) in [6.45, 7) is 0. The second-order valence-corrected chi connectivity index (χ2v) is 3.34. The van der Waals surface area contributed by atoms with Crippen molar-refractivity contribution in [2.24, 2.45) is 0 Å². The van der Waals surface area contributed by atoms with Gasteiger partial charge in [0.15, 0.2) is 0 Å². The van der Waals surface area contributed by atoms with Crippen molar-refractivity contribution in [2.75, 3.05) is 0 Å². The van der Waals surface area contributed by atoms with E-state index in [1.165, 1.54) is 6.08 Å². The molecule has 0 radical (unpaired) electrons. The summed E-state index contributed by atoms with van der Waals surface area (Å²) in [6, 6.07) is 0. The van der Waals surface area contributed by atoms with E-state index in [1.54, 1.807) is 6.08 Å². The van der Waals surface area contributed by atoms with Crippen molar-refractivity contribution < 1.29 is 15.3 Å². The Morgan fingerprint density at radius 2 is 2.10 bits per heavy atom. The third-order valence-electron chi connectivity index (χ3n) is 1.26. The van der Waals surface area contributed by atoms with Gasteiger partial charge in [0.25, 0.3) is 0 Å². The molecule has 0 heterocycles. The van der Waals surface area contributed by atoms with Gasteiger partial charge in [0.2, 0.25) is 5.79 Å². The lowest BCUT2D eigenvalue weighted by Gasteiger charge is -2.25. The minimum Gasteiger partial charge on any atom is -0.382 e. The summed E-state index contributed by atoms with van der Waals surface area (Å²) in [6.07, 6.45) is 3.04. The van der Waals surface area contributed by atoms with Crippen LogP contribution in [0.2, 0.25) is 0 Å². The Hall–Kier alpha value is 0.0900. The summed E-state index contributed by atoms with van der Waals surface area (Å²) < 4.78 is 0.519. The van der Waals surface area contributed by atoms with Crippen molar-refractivity contribution in [3.05, 3.63) is 21.8 Å². The molecule has 3 N–H and O–H groups in total. The number of hydrogen-bond acceptors (Lipinski definition) is 3. The third kappa shape index (κ3) is 1.39. The van der Waals surface area contributed by atoms with Crippen molar-refractivity contribution in [3.8, 4) is 0 Å². The standard InChI is InChI=1S/C6H7IO3/c7-4-2-1-3-6(9,10)5(4)8/h1-3,5,8-10H/t5-/m0/s1. The zero-order valence-corrected chi connectivity index (χ0v) is 7.19. The van der Waals surface area contributed by atoms with Gasteiger partial charge in [0.05, 0.1) is 0 Å². The van der Waals surface area contributed by atoms with Crippen LogP contribution in [0.25, 0.3) is 0 Å². The van der Waals surface area contributed by atoms with Crippen LogP contribution in [0.3, 0.4) is 0 Å². The van der Waals surface area contributed by atoms with Crippen molar-refractivity contribution in [3.63, 3.8) is 0 Å². The predicted octanol–water partition coefficient (Wildman–Crippen LogP) is -0.0831. The lowest BCUT2D eigenvalue weighted by atomic mass is 10.1. The number of allylic oxidation sites excluding steroid dienone is 2. The SMILES string of the molecule is O[C@H]1C(I)=CC=CC1(O)O. The molecule has 0 spiro atoms. The van der Waals surface area contributed by atoms with Gasteiger partial charge < -0.3 is 15.3 Å². The number of hydrogen-bond donors (Lipinski definition) is 3. The Kier molecular flexibility index (Phi) is 2.14. The van der Waals surface area contributed by atoms with Crippen molar-refractivity contribution in [1.29, 1.82) is 0 Å². The molecule has 0 amide bonds. The average Bonchev–Trinajstić information content (AvgIpc) is 1.83. The Morgan fingerprint density at radius 1 is 1.50 bits per heavy atom. The Labute approximate surface area is 71.8 Å². The summed E-state index contributed by atoms with van der Waals surface area (Å²) in [4.78, 5) is 0. The maximum atomic E-state index is 9.08. The topological polar surface area (TPSA) is 60.7 Å². The molecule has 0 fully saturated rings. The van der Waals surface area contributed by atoms with Crippen molar-refractivity contribution in [1.82, 2.24) is 0 Å². The zero-order valence-electron chi connectivity index (χ0n) is 5.03. The van der Waals surface area contributed by atoms with E-state index in [9.17, 15) is 0 Å². The number of aliphatic hydroxyl groups is 3. The summed E-state index contributed by atoms with van der Waals surface area (Å²) in [7, 11) is 0. The third-order valence-corrected chi connectivity index (χ3v) is 2.21. The van der Waals surface area contributed by atoms with Crippen LogP contribution in [0, 0.1) is 0 Å². The highest BCUT2D eigenvalue weighted by atomic mass is 127. The minimum atomic E-state index is -2.09. The first-order valence-electron chi connectivity index (χ1n) is 2.72. The Morgan fingerprint density at radius 3 is 2.50 bits per heavy atom. The second kappa shape index (κ2) is 2.61. The van der Waals surface area contributed by atoms with Gasteiger partial charge in [0.1, 0.15) is 6.10 Å². The highest BCUT2D eigenvalue weighted by Crippen LogP contribution is 2.25. The normalized spacial score (nSPS) is 30.0. The molecule has 0 aliphatic heterocycles. The van der Waals surface area contributed by atoms with E-state index in [4.69, 9.17) is 15.3 Å². The van der Waals surface area contributed by atoms with Crippen LogP contribution in [-0.4, -0.2) is 27.2 Å². The average molecular weight is 254 g/mol. The lowest BCUT2D eigenvalue weighted by molar-refractivity contribution is -0.174. The molecule has 0 bridgehead atoms. The Balaban J connectivity index is 2.89. The maximum absolute atomic E-state index is 9.08. The number of halogens is 1. The smallest absolute Gasteiger partial charge is 0.214 e. The molecule has 1 rings (SSSR count). The molecule has 3 nitrogen and oxygen atoms in total. The van der Waals surface area contributed by atoms with Crippen LogP contribution in [-0.2, 0) is 0 Å². The van der Waals surface area contributed by atoms with E-state index < -0.39 is 11.9 Å². The summed E-state index contributed by atoms with van der Waals surface area (Å²) in [5.74, 6) is -2.09. The van der Waals surface area contributed by atoms with Gasteiger partial charge in [-0.1, -0.05) is 12.2 Å². The Bertz CT molecular complexity index is 195. The van der Waals surface area contributed by atoms with E-state index in [1.807, 2.05) is 22.6 Å². The highest BCUT2D eigenvalue weighted by Gasteiger charge is 2.33. The summed E-state index contributed by atoms with van der Waals surface area (Å²) >= 11 is 1.85. The van der Waals surface area contributed by atoms with Crippen molar-refractivity contribution >= 4 is 22.6 Å². The molecule has 0 aromatic carbocycles. The molecule has 1 aliphatic rings. The molecule has 1 aliphatic carbocycles. The van der Waals surface area contributed by atoms with E-state index in [2.05, 4.69) is 0 Å². The van der Waals surface area contributed by atoms with Crippen LogP contribution in [0.4, 0.5) is 0 Å². The first-order valence-corrected chi connectivity index (χ1v) is 3.79. The molecular formula is C6H7IO3. The van der Waals surface area contributed by atoms with Crippen LogP contribution in [0.1, 0.15) is 0 Å². The summed E-state index contributed by atoms with van der Waals surface area (Å²) in [5, 5.41) is 27.1. The van der Waals surface area contributed by atoms with Crippen LogP contribution < -0.4 is 0 Å². The fourth-order valence-corrected chi connectivity index (χ4v) is 1.33. The largest absolute Gasteiger partial charge is 0.382 e. The fourth-order valence-electron chi connectivity index (χ4n) is 0.667. The van der Waals surface area contributed by atoms with Gasteiger partial charge in [-0.05, 0) is 28.7 Å². The first-order chi connectivity index (χ1) is 4.54. The van der Waals surface area contributed by atoms with E-state index in [0.717, 1.165) is 6.08 Å². The van der Waals surface area contributed by atoms with E-state index in [-0.39, 0.29) is 0 Å². The van der Waals surface area contributed by atoms with E-state index >= 15 is 0 Å². The molecule has 0 aromatic rings. The molecule has 4 heteroatoms. The highest BCUT2D eigenvalue weighted by molar-refractivity contribution is 14.1. The van der Waals surface area contributed by atoms with E-state index in [0.29, 0.717) is 3.58 Å². The first kappa shape index (κ1) is 8.19. The minimum absolute atomic E-state index is 0.519. The van der Waals surface area contributed by atoms with Gasteiger partial charge in [-0.3, -0.25) is 0 Å². The van der Waals surface area contributed by atoms with Gasteiger partial charge in [-0.2, -0.15) is 0 Å². The van der Waals surface area contributed by atoms with Gasteiger partial charge in [0, 0.05) is 3.58 Å². The molecule has 0 aromatic heterocycles. The molecule has 0 saturated heterocycles. The number of rotatable bonds is 0. The molecule has 0 unspecified atom stereocenters. The zero-order chi connectivity index (χ0) is 7.78. The van der Waals surface area contributed by atoms with Crippen LogP contribution in [0.5, 0.6) is 0 Å². The second-order valence-electron chi connectivity index (χ2n) is 2.10. The van der Waals surface area contributed by atoms with Crippen LogP contribution >= 0.6 is 22.6 Å². The molecule has 56 valence electrons. The monoisotopic (exact) mass is 254 g/mol. The van der Waals surface area contributed by atoms with Crippen LogP contribution in [0.15, 0.2) is 21.8 Å². The van der Waals surface area contributed by atoms with Gasteiger partial charge >= 0.3 is 0 Å². The quantitative estimate of drug-likeness (QED) is 0.418. The fraction of sp³-hybridized carbons (Fsp3) is 0.333. The summed E-state index contributed by atoms with van der Waals surface area (Å²) in [5.41, 5.74) is 0. The van der Waals surface area contributed by atoms with Gasteiger partial charge in [-0.15, -0.1) is 0 Å². The molecule has 0 saturated carbocycles. The predicted molar refractivity (Wildman–Crippen MR) is 44.4 cm³/mol.